The molecule has 0 amide bonds. The number of rotatable bonds is 10. The van der Waals surface area contributed by atoms with Crippen LogP contribution in [-0.2, 0) is 6.42 Å². The third kappa shape index (κ3) is 5.41. The Morgan fingerprint density at radius 1 is 0.850 bits per heavy atom. The molecule has 2 aromatic heterocycles. The van der Waals surface area contributed by atoms with Gasteiger partial charge in [-0.2, -0.15) is 0 Å². The van der Waals surface area contributed by atoms with E-state index in [4.69, 9.17) is 0 Å². The minimum atomic E-state index is 1.26. The van der Waals surface area contributed by atoms with Crippen LogP contribution in [0.15, 0.2) is 24.3 Å². The Balaban J connectivity index is 1.58. The van der Waals surface area contributed by atoms with Gasteiger partial charge in [-0.05, 0) is 37.1 Å². The van der Waals surface area contributed by atoms with Crippen LogP contribution in [0.4, 0.5) is 0 Å². The van der Waals surface area contributed by atoms with Gasteiger partial charge in [0.25, 0.3) is 0 Å². The lowest BCUT2D eigenvalue weighted by atomic mass is 10.1. The summed E-state index contributed by atoms with van der Waals surface area (Å²) in [5.41, 5.74) is 0. The van der Waals surface area contributed by atoms with Gasteiger partial charge in [0, 0.05) is 20.0 Å². The second kappa shape index (κ2) is 9.36. The van der Waals surface area contributed by atoms with Gasteiger partial charge in [0.2, 0.25) is 0 Å². The molecular formula is C18H25S2. The van der Waals surface area contributed by atoms with E-state index in [0.717, 1.165) is 0 Å². The second-order valence-corrected chi connectivity index (χ2v) is 7.46. The molecule has 0 spiro atoms. The summed E-state index contributed by atoms with van der Waals surface area (Å²) < 4.78 is 0. The fraction of sp³-hybridized carbons (Fsp3) is 0.556. The molecule has 109 valence electrons. The van der Waals surface area contributed by atoms with E-state index in [2.05, 4.69) is 30.5 Å². The highest BCUT2D eigenvalue weighted by Crippen LogP contribution is 2.31. The Labute approximate surface area is 131 Å². The van der Waals surface area contributed by atoms with Gasteiger partial charge in [-0.3, -0.25) is 0 Å². The number of aryl methyl sites for hydroxylation is 1. The molecule has 20 heavy (non-hydrogen) atoms. The molecule has 0 saturated heterocycles. The van der Waals surface area contributed by atoms with Crippen molar-refractivity contribution in [1.29, 1.82) is 0 Å². The number of thiophene rings is 2. The van der Waals surface area contributed by atoms with Crippen LogP contribution in [0.2, 0.25) is 0 Å². The maximum absolute atomic E-state index is 3.17. The summed E-state index contributed by atoms with van der Waals surface area (Å²) in [6.07, 6.45) is 12.5. The van der Waals surface area contributed by atoms with E-state index in [-0.39, 0.29) is 0 Å². The average Bonchev–Trinajstić information content (AvgIpc) is 3.12. The summed E-state index contributed by atoms with van der Waals surface area (Å²) >= 11 is 3.67. The molecule has 0 saturated carbocycles. The van der Waals surface area contributed by atoms with Crippen LogP contribution in [-0.4, -0.2) is 0 Å². The summed E-state index contributed by atoms with van der Waals surface area (Å²) in [6, 6.07) is 8.75. The van der Waals surface area contributed by atoms with Gasteiger partial charge < -0.3 is 0 Å². The molecule has 0 atom stereocenters. The Kier molecular flexibility index (Phi) is 7.38. The molecule has 2 heteroatoms. The molecule has 0 fully saturated rings. The van der Waals surface area contributed by atoms with E-state index in [0.29, 0.717) is 0 Å². The van der Waals surface area contributed by atoms with Gasteiger partial charge in [0.1, 0.15) is 0 Å². The van der Waals surface area contributed by atoms with Crippen LogP contribution in [0.1, 0.15) is 63.2 Å². The molecule has 0 aliphatic heterocycles. The Hall–Kier alpha value is -0.600. The number of unbranched alkanes of at least 4 members (excludes halogenated alkanes) is 7. The predicted octanol–water partition coefficient (Wildman–Crippen LogP) is 6.96. The van der Waals surface area contributed by atoms with Gasteiger partial charge in [-0.15, -0.1) is 22.7 Å². The van der Waals surface area contributed by atoms with Crippen LogP contribution < -0.4 is 0 Å². The van der Waals surface area contributed by atoms with E-state index in [1.165, 1.54) is 67.5 Å². The van der Waals surface area contributed by atoms with E-state index >= 15 is 0 Å². The molecule has 2 aromatic rings. The minimum absolute atomic E-state index is 1.26. The monoisotopic (exact) mass is 305 g/mol. The highest BCUT2D eigenvalue weighted by atomic mass is 32.1. The summed E-state index contributed by atoms with van der Waals surface area (Å²) in [7, 11) is 0. The molecule has 0 aromatic carbocycles. The molecule has 1 radical (unpaired) electrons. The molecule has 0 bridgehead atoms. The van der Waals surface area contributed by atoms with Crippen LogP contribution in [0.25, 0.3) is 9.75 Å². The molecule has 0 unspecified atom stereocenters. The summed E-state index contributed by atoms with van der Waals surface area (Å²) in [4.78, 5) is 4.31. The molecule has 0 nitrogen and oxygen atoms in total. The number of hydrogen-bond acceptors (Lipinski definition) is 2. The van der Waals surface area contributed by atoms with Crippen molar-refractivity contribution in [3.8, 4) is 9.75 Å². The van der Waals surface area contributed by atoms with Crippen LogP contribution in [0.3, 0.4) is 0 Å². The Bertz CT molecular complexity index is 453. The summed E-state index contributed by atoms with van der Waals surface area (Å²) in [6.45, 7) is 2.28. The highest BCUT2D eigenvalue weighted by molar-refractivity contribution is 7.21. The van der Waals surface area contributed by atoms with Crippen molar-refractivity contribution in [2.24, 2.45) is 0 Å². The zero-order chi connectivity index (χ0) is 14.0. The van der Waals surface area contributed by atoms with Crippen molar-refractivity contribution in [3.05, 3.63) is 34.5 Å². The third-order valence-corrected chi connectivity index (χ3v) is 5.79. The smallest absolute Gasteiger partial charge is 0.0449 e. The highest BCUT2D eigenvalue weighted by Gasteiger charge is 2.03. The Morgan fingerprint density at radius 2 is 1.60 bits per heavy atom. The first-order valence-electron chi connectivity index (χ1n) is 7.95. The van der Waals surface area contributed by atoms with Gasteiger partial charge in [-0.1, -0.05) is 51.9 Å². The van der Waals surface area contributed by atoms with E-state index in [1.54, 1.807) is 16.2 Å². The van der Waals surface area contributed by atoms with Gasteiger partial charge in [-0.25, -0.2) is 0 Å². The summed E-state index contributed by atoms with van der Waals surface area (Å²) in [5, 5.41) is 3.17. The van der Waals surface area contributed by atoms with Crippen molar-refractivity contribution in [2.45, 2.75) is 64.7 Å². The van der Waals surface area contributed by atoms with Crippen molar-refractivity contribution in [1.82, 2.24) is 0 Å². The zero-order valence-electron chi connectivity index (χ0n) is 12.5. The zero-order valence-corrected chi connectivity index (χ0v) is 14.1. The number of hydrogen-bond donors (Lipinski definition) is 0. The molecule has 2 heterocycles. The standard InChI is InChI=1S/C18H25S2/c1-2-3-4-5-6-7-8-9-11-16-13-14-18(20-16)17-12-10-15-19-17/h10,12-14H,2-9,11H2,1H3. The normalized spacial score (nSPS) is 11.1. The van der Waals surface area contributed by atoms with Crippen molar-refractivity contribution >= 4 is 22.7 Å². The second-order valence-electron chi connectivity index (χ2n) is 5.41. The lowest BCUT2D eigenvalue weighted by Gasteiger charge is -2.00. The van der Waals surface area contributed by atoms with E-state index in [9.17, 15) is 0 Å². The molecule has 0 N–H and O–H groups in total. The first-order chi connectivity index (χ1) is 9.90. The Morgan fingerprint density at radius 3 is 2.30 bits per heavy atom. The van der Waals surface area contributed by atoms with E-state index < -0.39 is 0 Å². The van der Waals surface area contributed by atoms with Crippen LogP contribution in [0, 0.1) is 5.38 Å². The van der Waals surface area contributed by atoms with Crippen LogP contribution in [0.5, 0.6) is 0 Å². The molecule has 0 aliphatic carbocycles. The van der Waals surface area contributed by atoms with Crippen LogP contribution >= 0.6 is 22.7 Å². The van der Waals surface area contributed by atoms with Crippen molar-refractivity contribution in [2.75, 3.05) is 0 Å². The quantitative estimate of drug-likeness (QED) is 0.416. The topological polar surface area (TPSA) is 0 Å². The first-order valence-corrected chi connectivity index (χ1v) is 9.58. The lowest BCUT2D eigenvalue weighted by molar-refractivity contribution is 0.576. The van der Waals surface area contributed by atoms with E-state index in [1.807, 2.05) is 17.4 Å². The van der Waals surface area contributed by atoms with Crippen molar-refractivity contribution < 1.29 is 0 Å². The van der Waals surface area contributed by atoms with Gasteiger partial charge >= 0.3 is 0 Å². The first kappa shape index (κ1) is 15.8. The fourth-order valence-corrected chi connectivity index (χ4v) is 4.24. The predicted molar refractivity (Wildman–Crippen MR) is 92.8 cm³/mol. The van der Waals surface area contributed by atoms with Gasteiger partial charge in [0.05, 0.1) is 0 Å². The van der Waals surface area contributed by atoms with Crippen molar-refractivity contribution in [3.63, 3.8) is 0 Å². The lowest BCUT2D eigenvalue weighted by Crippen LogP contribution is -1.83. The maximum Gasteiger partial charge on any atom is 0.0449 e. The largest absolute Gasteiger partial charge is 0.139 e. The fourth-order valence-electron chi connectivity index (χ4n) is 2.45. The maximum atomic E-state index is 3.17. The molecule has 0 aliphatic rings. The SMILES string of the molecule is CCCCCCCCCCc1ccc(-c2cc[c]s2)s1. The average molecular weight is 306 g/mol. The minimum Gasteiger partial charge on any atom is -0.139 e. The van der Waals surface area contributed by atoms with Gasteiger partial charge in [0.15, 0.2) is 0 Å². The summed E-state index contributed by atoms with van der Waals surface area (Å²) in [5.74, 6) is 0. The molecule has 2 rings (SSSR count). The third-order valence-electron chi connectivity index (χ3n) is 3.65. The molecular weight excluding hydrogens is 280 g/mol.